The zero-order valence-electron chi connectivity index (χ0n) is 13.8. The predicted octanol–water partition coefficient (Wildman–Crippen LogP) is 4.14. The molecule has 1 fully saturated rings. The van der Waals surface area contributed by atoms with E-state index in [-0.39, 0.29) is 16.7 Å². The Labute approximate surface area is 161 Å². The van der Waals surface area contributed by atoms with Gasteiger partial charge in [0.1, 0.15) is 0 Å². The normalized spacial score (nSPS) is 14.6. The molecule has 2 N–H and O–H groups in total. The van der Waals surface area contributed by atoms with Gasteiger partial charge in [0.05, 0.1) is 4.90 Å². The lowest BCUT2D eigenvalue weighted by atomic mass is 9.85. The van der Waals surface area contributed by atoms with E-state index in [0.29, 0.717) is 16.9 Å². The highest BCUT2D eigenvalue weighted by Gasteiger charge is 2.25. The van der Waals surface area contributed by atoms with Crippen molar-refractivity contribution in [3.8, 4) is 0 Å². The summed E-state index contributed by atoms with van der Waals surface area (Å²) in [4.78, 5) is 12.3. The number of amides is 1. The number of benzene rings is 2. The Morgan fingerprint density at radius 1 is 1.08 bits per heavy atom. The van der Waals surface area contributed by atoms with E-state index in [2.05, 4.69) is 32.6 Å². The van der Waals surface area contributed by atoms with Crippen molar-refractivity contribution in [3.63, 3.8) is 0 Å². The van der Waals surface area contributed by atoms with Gasteiger partial charge in [0.15, 0.2) is 0 Å². The van der Waals surface area contributed by atoms with Crippen LogP contribution in [0.1, 0.15) is 24.8 Å². The van der Waals surface area contributed by atoms with Crippen LogP contribution < -0.4 is 10.0 Å². The second kappa shape index (κ2) is 7.33. The second-order valence-corrected chi connectivity index (χ2v) is 9.11. The second-order valence-electron chi connectivity index (χ2n) is 6.21. The number of hydrogen-bond acceptors (Lipinski definition) is 3. The summed E-state index contributed by atoms with van der Waals surface area (Å²) in [5.41, 5.74) is 1.63. The molecule has 1 saturated carbocycles. The first-order valence-corrected chi connectivity index (χ1v) is 10.6. The number of nitrogens with one attached hydrogen (secondary N) is 2. The molecule has 2 aromatic rings. The van der Waals surface area contributed by atoms with Gasteiger partial charge in [-0.2, -0.15) is 0 Å². The van der Waals surface area contributed by atoms with Crippen LogP contribution in [0.5, 0.6) is 0 Å². The molecule has 0 heterocycles. The highest BCUT2D eigenvalue weighted by atomic mass is 127. The zero-order chi connectivity index (χ0) is 18.0. The highest BCUT2D eigenvalue weighted by Crippen LogP contribution is 2.29. The fraction of sp³-hybridized carbons (Fsp3) is 0.278. The third-order valence-corrected chi connectivity index (χ3v) is 6.56. The molecule has 0 aliphatic heterocycles. The molecule has 132 valence electrons. The van der Waals surface area contributed by atoms with Crippen LogP contribution in [0, 0.1) is 16.4 Å². The van der Waals surface area contributed by atoms with Gasteiger partial charge in [-0.15, -0.1) is 0 Å². The Morgan fingerprint density at radius 2 is 1.72 bits per heavy atom. The lowest BCUT2D eigenvalue weighted by Gasteiger charge is -2.24. The predicted molar refractivity (Wildman–Crippen MR) is 107 cm³/mol. The molecule has 25 heavy (non-hydrogen) atoms. The Hall–Kier alpha value is -1.61. The first kappa shape index (κ1) is 18.2. The van der Waals surface area contributed by atoms with Gasteiger partial charge in [-0.1, -0.05) is 12.5 Å². The average molecular weight is 470 g/mol. The molecule has 7 heteroatoms. The fourth-order valence-corrected chi connectivity index (χ4v) is 4.30. The Bertz CT molecular complexity index is 891. The van der Waals surface area contributed by atoms with Crippen LogP contribution in [0.15, 0.2) is 47.4 Å². The van der Waals surface area contributed by atoms with Crippen LogP contribution in [0.2, 0.25) is 0 Å². The van der Waals surface area contributed by atoms with Gasteiger partial charge in [0.2, 0.25) is 5.91 Å². The lowest BCUT2D eigenvalue weighted by Crippen LogP contribution is -2.28. The van der Waals surface area contributed by atoms with Gasteiger partial charge in [-0.3, -0.25) is 9.52 Å². The molecule has 0 radical (unpaired) electrons. The number of aryl methyl sites for hydroxylation is 1. The van der Waals surface area contributed by atoms with Crippen LogP contribution in [-0.2, 0) is 14.8 Å². The van der Waals surface area contributed by atoms with Gasteiger partial charge >= 0.3 is 0 Å². The maximum atomic E-state index is 12.7. The van der Waals surface area contributed by atoms with Crippen molar-refractivity contribution in [3.05, 3.63) is 51.6 Å². The summed E-state index contributed by atoms with van der Waals surface area (Å²) in [5, 5.41) is 2.82. The van der Waals surface area contributed by atoms with Crippen molar-refractivity contribution in [1.29, 1.82) is 0 Å². The number of sulfonamides is 1. The largest absolute Gasteiger partial charge is 0.326 e. The van der Waals surface area contributed by atoms with Crippen molar-refractivity contribution in [2.24, 2.45) is 5.92 Å². The number of rotatable bonds is 5. The quantitative estimate of drug-likeness (QED) is 0.646. The smallest absolute Gasteiger partial charge is 0.262 e. The molecule has 1 amide bonds. The molecule has 0 spiro atoms. The van der Waals surface area contributed by atoms with Crippen molar-refractivity contribution < 1.29 is 13.2 Å². The first-order chi connectivity index (χ1) is 11.8. The van der Waals surface area contributed by atoms with E-state index >= 15 is 0 Å². The maximum Gasteiger partial charge on any atom is 0.262 e. The highest BCUT2D eigenvalue weighted by molar-refractivity contribution is 14.1. The SMILES string of the molecule is Cc1ccc(NC(=O)C2CCC2)cc1S(=O)(=O)Nc1ccc(I)cc1. The zero-order valence-corrected chi connectivity index (χ0v) is 16.7. The maximum absolute atomic E-state index is 12.7. The van der Waals surface area contributed by atoms with Crippen LogP contribution in [0.25, 0.3) is 0 Å². The minimum absolute atomic E-state index is 0.0379. The monoisotopic (exact) mass is 470 g/mol. The minimum atomic E-state index is -3.73. The molecule has 0 saturated heterocycles. The standard InChI is InChI=1S/C18H19IN2O3S/c1-12-5-8-16(20-18(22)13-3-2-4-13)11-17(12)25(23,24)21-15-9-6-14(19)7-10-15/h5-11,13,21H,2-4H2,1H3,(H,20,22). The van der Waals surface area contributed by atoms with E-state index in [9.17, 15) is 13.2 Å². The van der Waals surface area contributed by atoms with Gasteiger partial charge < -0.3 is 5.32 Å². The molecule has 3 rings (SSSR count). The Kier molecular flexibility index (Phi) is 5.33. The molecule has 1 aliphatic carbocycles. The van der Waals surface area contributed by atoms with Gasteiger partial charge in [0, 0.05) is 20.9 Å². The molecule has 0 aromatic heterocycles. The molecule has 1 aliphatic rings. The van der Waals surface area contributed by atoms with Crippen molar-refractivity contribution in [1.82, 2.24) is 0 Å². The summed E-state index contributed by atoms with van der Waals surface area (Å²) >= 11 is 2.16. The molecule has 2 aromatic carbocycles. The topological polar surface area (TPSA) is 75.3 Å². The van der Waals surface area contributed by atoms with E-state index in [1.807, 2.05) is 12.1 Å². The van der Waals surface area contributed by atoms with Crippen LogP contribution in [0.3, 0.4) is 0 Å². The average Bonchev–Trinajstić information content (AvgIpc) is 2.49. The number of anilines is 2. The molecule has 0 bridgehead atoms. The summed E-state index contributed by atoms with van der Waals surface area (Å²) in [6, 6.07) is 12.1. The summed E-state index contributed by atoms with van der Waals surface area (Å²) in [6.07, 6.45) is 2.87. The van der Waals surface area contributed by atoms with Crippen LogP contribution in [0.4, 0.5) is 11.4 Å². The molecule has 0 unspecified atom stereocenters. The van der Waals surface area contributed by atoms with E-state index < -0.39 is 10.0 Å². The van der Waals surface area contributed by atoms with E-state index in [4.69, 9.17) is 0 Å². The molecular weight excluding hydrogens is 451 g/mol. The third-order valence-electron chi connectivity index (χ3n) is 4.32. The molecular formula is C18H19IN2O3S. The number of hydrogen-bond donors (Lipinski definition) is 2. The Balaban J connectivity index is 1.83. The van der Waals surface area contributed by atoms with Gasteiger partial charge in [-0.25, -0.2) is 8.42 Å². The van der Waals surface area contributed by atoms with Gasteiger partial charge in [-0.05, 0) is 84.3 Å². The van der Waals surface area contributed by atoms with Crippen molar-refractivity contribution in [2.75, 3.05) is 10.0 Å². The van der Waals surface area contributed by atoms with Crippen LogP contribution >= 0.6 is 22.6 Å². The number of halogens is 1. The van der Waals surface area contributed by atoms with E-state index in [1.165, 1.54) is 6.07 Å². The minimum Gasteiger partial charge on any atom is -0.326 e. The lowest BCUT2D eigenvalue weighted by molar-refractivity contribution is -0.122. The first-order valence-electron chi connectivity index (χ1n) is 8.05. The van der Waals surface area contributed by atoms with Crippen LogP contribution in [-0.4, -0.2) is 14.3 Å². The van der Waals surface area contributed by atoms with Gasteiger partial charge in [0.25, 0.3) is 10.0 Å². The van der Waals surface area contributed by atoms with E-state index in [1.54, 1.807) is 31.2 Å². The summed E-state index contributed by atoms with van der Waals surface area (Å²) < 4.78 is 29.1. The van der Waals surface area contributed by atoms with Crippen molar-refractivity contribution >= 4 is 49.9 Å². The fourth-order valence-electron chi connectivity index (χ4n) is 2.61. The summed E-state index contributed by atoms with van der Waals surface area (Å²) in [6.45, 7) is 1.74. The summed E-state index contributed by atoms with van der Waals surface area (Å²) in [7, 11) is -3.73. The number of carbonyl (C=O) groups excluding carboxylic acids is 1. The van der Waals surface area contributed by atoms with Crippen molar-refractivity contribution in [2.45, 2.75) is 31.1 Å². The summed E-state index contributed by atoms with van der Waals surface area (Å²) in [5.74, 6) is 0.00956. The Morgan fingerprint density at radius 3 is 2.32 bits per heavy atom. The van der Waals surface area contributed by atoms with E-state index in [0.717, 1.165) is 22.8 Å². The number of carbonyl (C=O) groups is 1. The molecule has 0 atom stereocenters. The third kappa shape index (κ3) is 4.33. The molecule has 5 nitrogen and oxygen atoms in total.